The zero-order valence-corrected chi connectivity index (χ0v) is 22.7. The van der Waals surface area contributed by atoms with Crippen molar-refractivity contribution in [2.45, 2.75) is 25.7 Å². The Morgan fingerprint density at radius 3 is 2.07 bits per heavy atom. The summed E-state index contributed by atoms with van der Waals surface area (Å²) in [6, 6.07) is 33.4. The van der Waals surface area contributed by atoms with Crippen LogP contribution in [0.2, 0.25) is 0 Å². The summed E-state index contributed by atoms with van der Waals surface area (Å²) in [6.45, 7) is 0.721. The third-order valence-corrected chi connectivity index (χ3v) is 6.59. The summed E-state index contributed by atoms with van der Waals surface area (Å²) in [5.41, 5.74) is 3.75. The van der Waals surface area contributed by atoms with Crippen LogP contribution in [0.4, 0.5) is 0 Å². The maximum Gasteiger partial charge on any atom is 0.328 e. The first-order valence-electron chi connectivity index (χ1n) is 13.3. The molecule has 0 aliphatic heterocycles. The lowest BCUT2D eigenvalue weighted by Crippen LogP contribution is -2.43. The standard InChI is InChI=1S/C34H30N2O5/c1-39-34(38)29(36-33(37)28-16-8-14-27-15-9-19-35-32(27)28)20-26-17-18-30(40-22-24-10-4-2-5-11-24)31(21-26)41-23-25-12-6-3-7-13-25/h2-19,21,29H,20,22-23H2,1H3,(H,36,37)/t29-/m0/s1. The van der Waals surface area contributed by atoms with Crippen molar-refractivity contribution < 1.29 is 23.8 Å². The van der Waals surface area contributed by atoms with E-state index in [2.05, 4.69) is 10.3 Å². The van der Waals surface area contributed by atoms with Gasteiger partial charge in [0.2, 0.25) is 0 Å². The number of rotatable bonds is 11. The van der Waals surface area contributed by atoms with Gasteiger partial charge in [0.25, 0.3) is 5.91 Å². The van der Waals surface area contributed by atoms with Crippen molar-refractivity contribution in [2.75, 3.05) is 7.11 Å². The average molecular weight is 547 g/mol. The maximum atomic E-state index is 13.3. The lowest BCUT2D eigenvalue weighted by molar-refractivity contribution is -0.142. The highest BCUT2D eigenvalue weighted by Gasteiger charge is 2.24. The largest absolute Gasteiger partial charge is 0.485 e. The van der Waals surface area contributed by atoms with Gasteiger partial charge in [-0.05, 0) is 41.0 Å². The molecule has 1 N–H and O–H groups in total. The molecule has 5 rings (SSSR count). The van der Waals surface area contributed by atoms with Crippen molar-refractivity contribution in [1.29, 1.82) is 0 Å². The molecule has 5 aromatic rings. The van der Waals surface area contributed by atoms with Gasteiger partial charge in [0.1, 0.15) is 19.3 Å². The molecule has 41 heavy (non-hydrogen) atoms. The zero-order chi connectivity index (χ0) is 28.4. The molecule has 0 radical (unpaired) electrons. The van der Waals surface area contributed by atoms with Gasteiger partial charge in [-0.25, -0.2) is 4.79 Å². The Morgan fingerprint density at radius 2 is 1.39 bits per heavy atom. The average Bonchev–Trinajstić information content (AvgIpc) is 3.03. The molecule has 1 heterocycles. The number of methoxy groups -OCH3 is 1. The van der Waals surface area contributed by atoms with Gasteiger partial charge < -0.3 is 19.5 Å². The number of nitrogens with one attached hydrogen (secondary N) is 1. The van der Waals surface area contributed by atoms with Gasteiger partial charge in [-0.3, -0.25) is 9.78 Å². The van der Waals surface area contributed by atoms with Crippen LogP contribution in [-0.4, -0.2) is 30.0 Å². The molecule has 7 heteroatoms. The van der Waals surface area contributed by atoms with Gasteiger partial charge >= 0.3 is 5.97 Å². The predicted molar refractivity (Wildman–Crippen MR) is 157 cm³/mol. The lowest BCUT2D eigenvalue weighted by atomic mass is 10.0. The Balaban J connectivity index is 1.37. The summed E-state index contributed by atoms with van der Waals surface area (Å²) in [4.78, 5) is 30.4. The summed E-state index contributed by atoms with van der Waals surface area (Å²) in [5, 5.41) is 3.67. The molecule has 1 amide bonds. The zero-order valence-electron chi connectivity index (χ0n) is 22.7. The van der Waals surface area contributed by atoms with Crippen LogP contribution in [0.25, 0.3) is 10.9 Å². The summed E-state index contributed by atoms with van der Waals surface area (Å²) in [5.74, 6) is 0.153. The molecule has 4 aromatic carbocycles. The third-order valence-electron chi connectivity index (χ3n) is 6.59. The molecular weight excluding hydrogens is 516 g/mol. The van der Waals surface area contributed by atoms with Crippen LogP contribution in [-0.2, 0) is 29.2 Å². The van der Waals surface area contributed by atoms with Crippen LogP contribution >= 0.6 is 0 Å². The maximum absolute atomic E-state index is 13.3. The highest BCUT2D eigenvalue weighted by Crippen LogP contribution is 2.31. The summed E-state index contributed by atoms with van der Waals surface area (Å²) in [6.07, 6.45) is 1.83. The smallest absolute Gasteiger partial charge is 0.328 e. The Kier molecular flexibility index (Phi) is 8.86. The van der Waals surface area contributed by atoms with E-state index in [1.807, 2.05) is 97.1 Å². The molecule has 0 bridgehead atoms. The molecule has 0 fully saturated rings. The number of hydrogen-bond acceptors (Lipinski definition) is 6. The molecular formula is C34H30N2O5. The van der Waals surface area contributed by atoms with Crippen LogP contribution in [0.1, 0.15) is 27.0 Å². The summed E-state index contributed by atoms with van der Waals surface area (Å²) >= 11 is 0. The summed E-state index contributed by atoms with van der Waals surface area (Å²) in [7, 11) is 1.30. The van der Waals surface area contributed by atoms with E-state index >= 15 is 0 Å². The van der Waals surface area contributed by atoms with Crippen molar-refractivity contribution in [3.63, 3.8) is 0 Å². The molecule has 1 atom stereocenters. The van der Waals surface area contributed by atoms with Crippen LogP contribution in [0.15, 0.2) is 115 Å². The van der Waals surface area contributed by atoms with Crippen LogP contribution in [0, 0.1) is 0 Å². The number of carbonyl (C=O) groups excluding carboxylic acids is 2. The van der Waals surface area contributed by atoms with E-state index in [-0.39, 0.29) is 6.42 Å². The Hall–Kier alpha value is -5.17. The second-order valence-electron chi connectivity index (χ2n) is 9.46. The minimum atomic E-state index is -0.926. The first-order valence-corrected chi connectivity index (χ1v) is 13.3. The van der Waals surface area contributed by atoms with Crippen LogP contribution < -0.4 is 14.8 Å². The van der Waals surface area contributed by atoms with E-state index in [1.54, 1.807) is 18.3 Å². The number of pyridine rings is 1. The molecule has 0 spiro atoms. The number of esters is 1. The highest BCUT2D eigenvalue weighted by molar-refractivity contribution is 6.06. The van der Waals surface area contributed by atoms with Crippen molar-refractivity contribution in [3.05, 3.63) is 138 Å². The van der Waals surface area contributed by atoms with Gasteiger partial charge in [-0.1, -0.05) is 84.9 Å². The molecule has 206 valence electrons. The summed E-state index contributed by atoms with van der Waals surface area (Å²) < 4.78 is 17.3. The van der Waals surface area contributed by atoms with E-state index in [4.69, 9.17) is 14.2 Å². The SMILES string of the molecule is COC(=O)[C@H](Cc1ccc(OCc2ccccc2)c(OCc2ccccc2)c1)NC(=O)c1cccc2cccnc12. The van der Waals surface area contributed by atoms with Crippen molar-refractivity contribution >= 4 is 22.8 Å². The number of para-hydroxylation sites is 1. The first-order chi connectivity index (χ1) is 20.1. The van der Waals surface area contributed by atoms with Gasteiger partial charge in [0.05, 0.1) is 18.2 Å². The van der Waals surface area contributed by atoms with E-state index in [0.29, 0.717) is 35.8 Å². The van der Waals surface area contributed by atoms with E-state index < -0.39 is 17.9 Å². The minimum absolute atomic E-state index is 0.192. The van der Waals surface area contributed by atoms with Gasteiger partial charge in [0, 0.05) is 18.0 Å². The number of hydrogen-bond donors (Lipinski definition) is 1. The number of ether oxygens (including phenoxy) is 3. The second kappa shape index (κ2) is 13.3. The van der Waals surface area contributed by atoms with Gasteiger partial charge in [-0.2, -0.15) is 0 Å². The highest BCUT2D eigenvalue weighted by atomic mass is 16.5. The van der Waals surface area contributed by atoms with Crippen molar-refractivity contribution in [3.8, 4) is 11.5 Å². The number of fused-ring (bicyclic) bond motifs is 1. The molecule has 0 saturated heterocycles. The Bertz CT molecular complexity index is 1620. The van der Waals surface area contributed by atoms with Gasteiger partial charge in [-0.15, -0.1) is 0 Å². The molecule has 0 unspecified atom stereocenters. The molecule has 0 saturated carbocycles. The number of amides is 1. The van der Waals surface area contributed by atoms with Crippen molar-refractivity contribution in [1.82, 2.24) is 10.3 Å². The number of nitrogens with zero attached hydrogens (tertiary/aromatic N) is 1. The molecule has 0 aliphatic carbocycles. The number of benzene rings is 4. The lowest BCUT2D eigenvalue weighted by Gasteiger charge is -2.19. The fourth-order valence-electron chi connectivity index (χ4n) is 4.48. The molecule has 7 nitrogen and oxygen atoms in total. The molecule has 0 aliphatic rings. The topological polar surface area (TPSA) is 86.8 Å². The first kappa shape index (κ1) is 27.4. The van der Waals surface area contributed by atoms with E-state index in [1.165, 1.54) is 7.11 Å². The monoisotopic (exact) mass is 546 g/mol. The second-order valence-corrected chi connectivity index (χ2v) is 9.46. The van der Waals surface area contributed by atoms with E-state index in [9.17, 15) is 9.59 Å². The molecule has 1 aromatic heterocycles. The third kappa shape index (κ3) is 7.08. The van der Waals surface area contributed by atoms with Crippen LogP contribution in [0.5, 0.6) is 11.5 Å². The van der Waals surface area contributed by atoms with Crippen LogP contribution in [0.3, 0.4) is 0 Å². The predicted octanol–water partition coefficient (Wildman–Crippen LogP) is 5.91. The van der Waals surface area contributed by atoms with Gasteiger partial charge in [0.15, 0.2) is 11.5 Å². The fourth-order valence-corrected chi connectivity index (χ4v) is 4.48. The number of carbonyl (C=O) groups is 2. The normalized spacial score (nSPS) is 11.4. The fraction of sp³-hybridized carbons (Fsp3) is 0.147. The van der Waals surface area contributed by atoms with E-state index in [0.717, 1.165) is 22.1 Å². The minimum Gasteiger partial charge on any atom is -0.485 e. The Morgan fingerprint density at radius 1 is 0.732 bits per heavy atom. The quantitative estimate of drug-likeness (QED) is 0.207. The number of aromatic nitrogens is 1. The van der Waals surface area contributed by atoms with Crippen molar-refractivity contribution in [2.24, 2.45) is 0 Å². The Labute approximate surface area is 238 Å².